The number of nitrogens with one attached hydrogen (secondary N) is 2. The Bertz CT molecular complexity index is 769. The fourth-order valence-electron chi connectivity index (χ4n) is 1.97. The number of hydrogen-bond donors (Lipinski definition) is 2. The lowest BCUT2D eigenvalue weighted by molar-refractivity contribution is 0.102. The lowest BCUT2D eigenvalue weighted by Gasteiger charge is -2.07. The van der Waals surface area contributed by atoms with Gasteiger partial charge in [-0.3, -0.25) is 4.79 Å². The van der Waals surface area contributed by atoms with E-state index in [9.17, 15) is 4.79 Å². The third-order valence-electron chi connectivity index (χ3n) is 3.08. The van der Waals surface area contributed by atoms with Crippen molar-refractivity contribution in [3.05, 3.63) is 54.1 Å². The van der Waals surface area contributed by atoms with E-state index in [1.165, 1.54) is 0 Å². The molecule has 0 unspecified atom stereocenters. The second kappa shape index (κ2) is 6.04. The number of carbonyl (C=O) groups excluding carboxylic acids is 1. The molecular weight excluding hydrogens is 282 g/mol. The van der Waals surface area contributed by atoms with Crippen molar-refractivity contribution < 1.29 is 9.53 Å². The Kier molecular flexibility index (Phi) is 3.78. The van der Waals surface area contributed by atoms with E-state index in [0.29, 0.717) is 22.8 Å². The quantitative estimate of drug-likeness (QED) is 0.769. The first kappa shape index (κ1) is 13.7. The van der Waals surface area contributed by atoms with E-state index >= 15 is 0 Å². The van der Waals surface area contributed by atoms with Crippen LogP contribution in [0.3, 0.4) is 0 Å². The molecule has 2 N–H and O–H groups in total. The second-order valence-corrected chi connectivity index (χ2v) is 4.50. The number of rotatable bonds is 4. The van der Waals surface area contributed by atoms with Gasteiger partial charge in [0.25, 0.3) is 5.91 Å². The van der Waals surface area contributed by atoms with Gasteiger partial charge in [-0.05, 0) is 41.6 Å². The molecule has 0 aliphatic carbocycles. The number of amides is 1. The van der Waals surface area contributed by atoms with Crippen LogP contribution < -0.4 is 10.1 Å². The number of ether oxygens (including phenoxy) is 1. The monoisotopic (exact) mass is 295 g/mol. The first-order chi connectivity index (χ1) is 10.8. The lowest BCUT2D eigenvalue weighted by Crippen LogP contribution is -2.11. The number of nitrogens with zero attached hydrogens (tertiary/aromatic N) is 3. The first-order valence-corrected chi connectivity index (χ1v) is 6.55. The van der Waals surface area contributed by atoms with Gasteiger partial charge in [-0.25, -0.2) is 0 Å². The molecule has 0 saturated carbocycles. The molecule has 22 heavy (non-hydrogen) atoms. The molecule has 110 valence electrons. The van der Waals surface area contributed by atoms with E-state index in [-0.39, 0.29) is 5.91 Å². The molecule has 2 aromatic carbocycles. The summed E-state index contributed by atoms with van der Waals surface area (Å²) in [6.07, 6.45) is 0. The highest BCUT2D eigenvalue weighted by molar-refractivity contribution is 6.04. The smallest absolute Gasteiger partial charge is 0.255 e. The van der Waals surface area contributed by atoms with Gasteiger partial charge in [0.2, 0.25) is 5.82 Å². The first-order valence-electron chi connectivity index (χ1n) is 6.55. The molecule has 0 bridgehead atoms. The van der Waals surface area contributed by atoms with Gasteiger partial charge >= 0.3 is 0 Å². The summed E-state index contributed by atoms with van der Waals surface area (Å²) in [7, 11) is 1.58. The Labute approximate surface area is 126 Å². The highest BCUT2D eigenvalue weighted by atomic mass is 16.5. The van der Waals surface area contributed by atoms with E-state index in [2.05, 4.69) is 25.9 Å². The van der Waals surface area contributed by atoms with Crippen LogP contribution in [0.25, 0.3) is 11.4 Å². The number of methoxy groups -OCH3 is 1. The van der Waals surface area contributed by atoms with Gasteiger partial charge in [-0.15, -0.1) is 10.2 Å². The Morgan fingerprint density at radius 3 is 2.68 bits per heavy atom. The molecule has 3 aromatic rings. The summed E-state index contributed by atoms with van der Waals surface area (Å²) in [5.74, 6) is 0.976. The number of tetrazole rings is 1. The Morgan fingerprint density at radius 2 is 2.00 bits per heavy atom. The number of aromatic amines is 1. The van der Waals surface area contributed by atoms with E-state index < -0.39 is 0 Å². The number of hydrogen-bond acceptors (Lipinski definition) is 5. The number of H-pyrrole nitrogens is 1. The van der Waals surface area contributed by atoms with Crippen LogP contribution in [0.15, 0.2) is 48.5 Å². The molecule has 0 aliphatic heterocycles. The number of carbonyl (C=O) groups is 1. The topological polar surface area (TPSA) is 92.8 Å². The van der Waals surface area contributed by atoms with Crippen LogP contribution in [-0.2, 0) is 0 Å². The van der Waals surface area contributed by atoms with Crippen molar-refractivity contribution in [3.8, 4) is 17.1 Å². The standard InChI is InChI=1S/C15H13N5O2/c1-22-13-7-5-10(6-8-13)15(21)16-12-4-2-3-11(9-12)14-17-19-20-18-14/h2-9H,1H3,(H,16,21)(H,17,18,19,20). The van der Waals surface area contributed by atoms with Crippen molar-refractivity contribution in [2.75, 3.05) is 12.4 Å². The maximum atomic E-state index is 12.2. The van der Waals surface area contributed by atoms with Crippen molar-refractivity contribution in [2.24, 2.45) is 0 Å². The van der Waals surface area contributed by atoms with E-state index in [4.69, 9.17) is 4.74 Å². The molecule has 7 nitrogen and oxygen atoms in total. The van der Waals surface area contributed by atoms with Crippen molar-refractivity contribution in [2.45, 2.75) is 0 Å². The average molecular weight is 295 g/mol. The van der Waals surface area contributed by atoms with Crippen LogP contribution in [0.5, 0.6) is 5.75 Å². The minimum absolute atomic E-state index is 0.201. The highest BCUT2D eigenvalue weighted by Gasteiger charge is 2.08. The number of aromatic nitrogens is 4. The van der Waals surface area contributed by atoms with Gasteiger partial charge in [-0.2, -0.15) is 5.21 Å². The van der Waals surface area contributed by atoms with Gasteiger partial charge in [0.05, 0.1) is 7.11 Å². The molecule has 0 spiro atoms. The molecule has 0 aliphatic rings. The van der Waals surface area contributed by atoms with Gasteiger partial charge < -0.3 is 10.1 Å². The predicted octanol–water partition coefficient (Wildman–Crippen LogP) is 2.13. The maximum Gasteiger partial charge on any atom is 0.255 e. The molecule has 1 heterocycles. The van der Waals surface area contributed by atoms with Crippen LogP contribution in [0, 0.1) is 0 Å². The molecule has 0 saturated heterocycles. The van der Waals surface area contributed by atoms with Crippen LogP contribution >= 0.6 is 0 Å². The summed E-state index contributed by atoms with van der Waals surface area (Å²) in [6.45, 7) is 0. The third kappa shape index (κ3) is 2.93. The number of anilines is 1. The molecular formula is C15H13N5O2. The summed E-state index contributed by atoms with van der Waals surface area (Å²) in [5.41, 5.74) is 1.97. The van der Waals surface area contributed by atoms with Crippen molar-refractivity contribution in [1.29, 1.82) is 0 Å². The zero-order valence-electron chi connectivity index (χ0n) is 11.8. The molecule has 0 radical (unpaired) electrons. The zero-order valence-corrected chi connectivity index (χ0v) is 11.8. The molecule has 0 atom stereocenters. The fraction of sp³-hybridized carbons (Fsp3) is 0.0667. The second-order valence-electron chi connectivity index (χ2n) is 4.50. The Morgan fingerprint density at radius 1 is 1.18 bits per heavy atom. The van der Waals surface area contributed by atoms with Gasteiger partial charge in [0.15, 0.2) is 0 Å². The zero-order chi connectivity index (χ0) is 15.4. The largest absolute Gasteiger partial charge is 0.497 e. The normalized spacial score (nSPS) is 10.2. The number of benzene rings is 2. The van der Waals surface area contributed by atoms with Crippen molar-refractivity contribution in [1.82, 2.24) is 20.6 Å². The van der Waals surface area contributed by atoms with Crippen molar-refractivity contribution in [3.63, 3.8) is 0 Å². The summed E-state index contributed by atoms with van der Waals surface area (Å²) in [4.78, 5) is 12.2. The van der Waals surface area contributed by atoms with E-state index in [0.717, 1.165) is 5.56 Å². The van der Waals surface area contributed by atoms with E-state index in [1.807, 2.05) is 12.1 Å². The summed E-state index contributed by atoms with van der Waals surface area (Å²) in [6, 6.07) is 14.1. The van der Waals surface area contributed by atoms with Crippen LogP contribution in [0.2, 0.25) is 0 Å². The van der Waals surface area contributed by atoms with Crippen LogP contribution in [-0.4, -0.2) is 33.6 Å². The summed E-state index contributed by atoms with van der Waals surface area (Å²) in [5, 5.41) is 16.6. The minimum atomic E-state index is -0.201. The molecule has 1 aromatic heterocycles. The highest BCUT2D eigenvalue weighted by Crippen LogP contribution is 2.19. The lowest BCUT2D eigenvalue weighted by atomic mass is 10.1. The molecule has 0 fully saturated rings. The minimum Gasteiger partial charge on any atom is -0.497 e. The molecule has 3 rings (SSSR count). The van der Waals surface area contributed by atoms with Gasteiger partial charge in [0.1, 0.15) is 5.75 Å². The summed E-state index contributed by atoms with van der Waals surface area (Å²) < 4.78 is 5.07. The van der Waals surface area contributed by atoms with E-state index in [1.54, 1.807) is 43.5 Å². The van der Waals surface area contributed by atoms with Crippen molar-refractivity contribution >= 4 is 11.6 Å². The van der Waals surface area contributed by atoms with Gasteiger partial charge in [0, 0.05) is 16.8 Å². The van der Waals surface area contributed by atoms with Crippen LogP contribution in [0.4, 0.5) is 5.69 Å². The predicted molar refractivity (Wildman–Crippen MR) is 80.6 cm³/mol. The third-order valence-corrected chi connectivity index (χ3v) is 3.08. The maximum absolute atomic E-state index is 12.2. The van der Waals surface area contributed by atoms with Crippen LogP contribution in [0.1, 0.15) is 10.4 Å². The fourth-order valence-corrected chi connectivity index (χ4v) is 1.97. The molecule has 7 heteroatoms. The Balaban J connectivity index is 1.77. The Hall–Kier alpha value is -3.22. The average Bonchev–Trinajstić information content (AvgIpc) is 3.10. The summed E-state index contributed by atoms with van der Waals surface area (Å²) >= 11 is 0. The molecule has 1 amide bonds. The SMILES string of the molecule is COc1ccc(C(=O)Nc2cccc(-c3nn[nH]n3)c2)cc1. The van der Waals surface area contributed by atoms with Gasteiger partial charge in [-0.1, -0.05) is 12.1 Å².